The number of carbonyl (C=O) groups excluding carboxylic acids is 1. The summed E-state index contributed by atoms with van der Waals surface area (Å²) >= 11 is 0. The van der Waals surface area contributed by atoms with Crippen molar-refractivity contribution >= 4 is 5.91 Å². The number of nitrogens with zero attached hydrogens (tertiary/aromatic N) is 1. The van der Waals surface area contributed by atoms with Gasteiger partial charge in [-0.15, -0.1) is 0 Å². The van der Waals surface area contributed by atoms with Crippen LogP contribution in [0, 0.1) is 5.92 Å². The maximum absolute atomic E-state index is 12.4. The molecule has 1 saturated heterocycles. The summed E-state index contributed by atoms with van der Waals surface area (Å²) in [6.45, 7) is 8.05. The van der Waals surface area contributed by atoms with Crippen LogP contribution in [0.1, 0.15) is 32.3 Å². The van der Waals surface area contributed by atoms with Gasteiger partial charge in [-0.25, -0.2) is 0 Å². The molecule has 2 rings (SSSR count). The molecule has 0 bridgehead atoms. The molecule has 21 heavy (non-hydrogen) atoms. The van der Waals surface area contributed by atoms with Crippen LogP contribution in [0.4, 0.5) is 0 Å². The monoisotopic (exact) mass is 289 g/mol. The van der Waals surface area contributed by atoms with Crippen LogP contribution in [0.15, 0.2) is 30.3 Å². The minimum Gasteiger partial charge on any atom is -0.354 e. The Labute approximate surface area is 127 Å². The molecule has 1 heterocycles. The van der Waals surface area contributed by atoms with Crippen LogP contribution in [0.5, 0.6) is 0 Å². The summed E-state index contributed by atoms with van der Waals surface area (Å²) in [4.78, 5) is 14.8. The lowest BCUT2D eigenvalue weighted by atomic mass is 9.92. The van der Waals surface area contributed by atoms with E-state index in [1.807, 2.05) is 30.3 Å². The standard InChI is InChI=1S/C17H27N3O/c1-14(13-20-10-6-7-11-20)12-19-16(21)17(2,18)15-8-4-3-5-9-15/h3-5,8-9,14H,6-7,10-13,18H2,1-2H3,(H,19,21). The highest BCUT2D eigenvalue weighted by Gasteiger charge is 2.30. The van der Waals surface area contributed by atoms with E-state index in [1.54, 1.807) is 6.92 Å². The van der Waals surface area contributed by atoms with Gasteiger partial charge in [0.1, 0.15) is 5.54 Å². The zero-order valence-corrected chi connectivity index (χ0v) is 13.1. The average Bonchev–Trinajstić information content (AvgIpc) is 2.98. The summed E-state index contributed by atoms with van der Waals surface area (Å²) in [5, 5.41) is 3.00. The largest absolute Gasteiger partial charge is 0.354 e. The SMILES string of the molecule is CC(CNC(=O)C(C)(N)c1ccccc1)CN1CCCC1. The third-order valence-electron chi connectivity index (χ3n) is 4.22. The first-order valence-electron chi connectivity index (χ1n) is 7.85. The fraction of sp³-hybridized carbons (Fsp3) is 0.588. The van der Waals surface area contributed by atoms with E-state index in [4.69, 9.17) is 5.73 Å². The van der Waals surface area contributed by atoms with E-state index in [9.17, 15) is 4.79 Å². The molecule has 0 aromatic heterocycles. The van der Waals surface area contributed by atoms with Crippen LogP contribution >= 0.6 is 0 Å². The number of likely N-dealkylation sites (tertiary alicyclic amines) is 1. The minimum absolute atomic E-state index is 0.109. The number of nitrogens with two attached hydrogens (primary N) is 1. The van der Waals surface area contributed by atoms with Gasteiger partial charge in [-0.2, -0.15) is 0 Å². The van der Waals surface area contributed by atoms with Gasteiger partial charge in [0, 0.05) is 13.1 Å². The maximum Gasteiger partial charge on any atom is 0.244 e. The smallest absolute Gasteiger partial charge is 0.244 e. The molecule has 1 aliphatic heterocycles. The summed E-state index contributed by atoms with van der Waals surface area (Å²) in [6.07, 6.45) is 2.60. The number of amides is 1. The van der Waals surface area contributed by atoms with E-state index in [-0.39, 0.29) is 5.91 Å². The molecule has 0 radical (unpaired) electrons. The Balaban J connectivity index is 1.83. The third kappa shape index (κ3) is 4.29. The molecule has 1 aromatic rings. The molecule has 4 heteroatoms. The van der Waals surface area contributed by atoms with Crippen LogP contribution in [-0.4, -0.2) is 37.0 Å². The molecular formula is C17H27N3O. The van der Waals surface area contributed by atoms with Crippen molar-refractivity contribution < 1.29 is 4.79 Å². The van der Waals surface area contributed by atoms with Gasteiger partial charge in [0.15, 0.2) is 0 Å². The number of hydrogen-bond donors (Lipinski definition) is 2. The lowest BCUT2D eigenvalue weighted by Crippen LogP contribution is -2.50. The van der Waals surface area contributed by atoms with E-state index >= 15 is 0 Å². The van der Waals surface area contributed by atoms with Crippen LogP contribution in [0.2, 0.25) is 0 Å². The molecule has 3 N–H and O–H groups in total. The first kappa shape index (κ1) is 16.0. The van der Waals surface area contributed by atoms with Gasteiger partial charge >= 0.3 is 0 Å². The average molecular weight is 289 g/mol. The van der Waals surface area contributed by atoms with E-state index in [2.05, 4.69) is 17.1 Å². The fourth-order valence-corrected chi connectivity index (χ4v) is 2.84. The summed E-state index contributed by atoms with van der Waals surface area (Å²) in [5.74, 6) is 0.334. The van der Waals surface area contributed by atoms with E-state index < -0.39 is 5.54 Å². The lowest BCUT2D eigenvalue weighted by molar-refractivity contribution is -0.126. The van der Waals surface area contributed by atoms with Crippen LogP contribution < -0.4 is 11.1 Å². The third-order valence-corrected chi connectivity index (χ3v) is 4.22. The molecule has 1 aromatic carbocycles. The van der Waals surface area contributed by atoms with Crippen molar-refractivity contribution in [2.75, 3.05) is 26.2 Å². The predicted molar refractivity (Wildman–Crippen MR) is 85.8 cm³/mol. The second kappa shape index (κ2) is 7.05. The van der Waals surface area contributed by atoms with Gasteiger partial charge in [-0.1, -0.05) is 37.3 Å². The second-order valence-electron chi connectivity index (χ2n) is 6.39. The van der Waals surface area contributed by atoms with Gasteiger partial charge in [-0.05, 0) is 44.3 Å². The maximum atomic E-state index is 12.4. The van der Waals surface area contributed by atoms with Crippen LogP contribution in [-0.2, 0) is 10.3 Å². The van der Waals surface area contributed by atoms with Gasteiger partial charge in [0.05, 0.1) is 0 Å². The quantitative estimate of drug-likeness (QED) is 0.838. The summed E-state index contributed by atoms with van der Waals surface area (Å²) < 4.78 is 0. The molecule has 0 aliphatic carbocycles. The number of hydrogen-bond acceptors (Lipinski definition) is 3. The molecule has 0 spiro atoms. The molecule has 0 saturated carbocycles. The Bertz CT molecular complexity index is 452. The Kier molecular flexibility index (Phi) is 5.37. The molecule has 2 atom stereocenters. The number of rotatable bonds is 6. The van der Waals surface area contributed by atoms with Crippen molar-refractivity contribution in [3.63, 3.8) is 0 Å². The van der Waals surface area contributed by atoms with Gasteiger partial charge < -0.3 is 16.0 Å². The molecular weight excluding hydrogens is 262 g/mol. The Hall–Kier alpha value is -1.39. The normalized spacial score (nSPS) is 20.0. The molecule has 1 aliphatic rings. The van der Waals surface area contributed by atoms with E-state index in [1.165, 1.54) is 25.9 Å². The molecule has 116 valence electrons. The Morgan fingerprint density at radius 3 is 2.57 bits per heavy atom. The molecule has 4 nitrogen and oxygen atoms in total. The molecule has 2 unspecified atom stereocenters. The lowest BCUT2D eigenvalue weighted by Gasteiger charge is -2.26. The number of carbonyl (C=O) groups is 1. The zero-order valence-electron chi connectivity index (χ0n) is 13.1. The summed E-state index contributed by atoms with van der Waals surface area (Å²) in [6, 6.07) is 9.53. The van der Waals surface area contributed by atoms with Crippen molar-refractivity contribution in [3.8, 4) is 0 Å². The topological polar surface area (TPSA) is 58.4 Å². The highest BCUT2D eigenvalue weighted by Crippen LogP contribution is 2.17. The van der Waals surface area contributed by atoms with Crippen molar-refractivity contribution in [2.45, 2.75) is 32.2 Å². The minimum atomic E-state index is -0.978. The molecule has 1 amide bonds. The van der Waals surface area contributed by atoms with Gasteiger partial charge in [-0.3, -0.25) is 4.79 Å². The predicted octanol–water partition coefficient (Wildman–Crippen LogP) is 1.71. The fourth-order valence-electron chi connectivity index (χ4n) is 2.84. The summed E-state index contributed by atoms with van der Waals surface area (Å²) in [5.41, 5.74) is 6.07. The first-order valence-corrected chi connectivity index (χ1v) is 7.85. The van der Waals surface area contributed by atoms with Gasteiger partial charge in [0.2, 0.25) is 5.91 Å². The first-order chi connectivity index (χ1) is 10.00. The van der Waals surface area contributed by atoms with Crippen molar-refractivity contribution in [3.05, 3.63) is 35.9 Å². The Morgan fingerprint density at radius 2 is 1.95 bits per heavy atom. The van der Waals surface area contributed by atoms with Crippen molar-refractivity contribution in [1.82, 2.24) is 10.2 Å². The van der Waals surface area contributed by atoms with Gasteiger partial charge in [0.25, 0.3) is 0 Å². The van der Waals surface area contributed by atoms with Crippen LogP contribution in [0.3, 0.4) is 0 Å². The van der Waals surface area contributed by atoms with Crippen molar-refractivity contribution in [1.29, 1.82) is 0 Å². The second-order valence-corrected chi connectivity index (χ2v) is 6.39. The van der Waals surface area contributed by atoms with E-state index in [0.29, 0.717) is 12.5 Å². The Morgan fingerprint density at radius 1 is 1.33 bits per heavy atom. The van der Waals surface area contributed by atoms with Crippen LogP contribution in [0.25, 0.3) is 0 Å². The highest BCUT2D eigenvalue weighted by molar-refractivity contribution is 5.86. The van der Waals surface area contributed by atoms with Crippen molar-refractivity contribution in [2.24, 2.45) is 11.7 Å². The zero-order chi connectivity index (χ0) is 15.3. The number of benzene rings is 1. The highest BCUT2D eigenvalue weighted by atomic mass is 16.2. The number of nitrogens with one attached hydrogen (secondary N) is 1. The van der Waals surface area contributed by atoms with E-state index in [0.717, 1.165) is 12.1 Å². The summed E-state index contributed by atoms with van der Waals surface area (Å²) in [7, 11) is 0. The molecule has 1 fully saturated rings.